The zero-order chi connectivity index (χ0) is 11.3. The second kappa shape index (κ2) is 6.20. The molecule has 0 saturated heterocycles. The summed E-state index contributed by atoms with van der Waals surface area (Å²) in [4.78, 5) is 0. The van der Waals surface area contributed by atoms with Gasteiger partial charge in [0.05, 0.1) is 11.1 Å². The van der Waals surface area contributed by atoms with E-state index in [1.807, 2.05) is 6.92 Å². The third kappa shape index (κ3) is 3.89. The minimum atomic E-state index is -0.257. The molecule has 2 nitrogen and oxygen atoms in total. The first-order valence-corrected chi connectivity index (χ1v) is 5.74. The van der Waals surface area contributed by atoms with Gasteiger partial charge >= 0.3 is 0 Å². The maximum atomic E-state index is 12.9. The van der Waals surface area contributed by atoms with Crippen molar-refractivity contribution in [2.45, 2.75) is 25.9 Å². The normalized spacial score (nSPS) is 12.8. The van der Waals surface area contributed by atoms with E-state index in [-0.39, 0.29) is 18.5 Å². The first-order chi connectivity index (χ1) is 7.17. The number of halogens is 2. The van der Waals surface area contributed by atoms with E-state index in [2.05, 4.69) is 21.2 Å². The van der Waals surface area contributed by atoms with E-state index in [9.17, 15) is 4.39 Å². The molecule has 1 atom stereocenters. The predicted octanol–water partition coefficient (Wildman–Crippen LogP) is 2.45. The maximum Gasteiger partial charge on any atom is 0.137 e. The summed E-state index contributed by atoms with van der Waals surface area (Å²) in [5.41, 5.74) is 0.996. The third-order valence-electron chi connectivity index (χ3n) is 2.29. The van der Waals surface area contributed by atoms with Crippen molar-refractivity contribution in [3.8, 4) is 0 Å². The number of rotatable bonds is 5. The summed E-state index contributed by atoms with van der Waals surface area (Å²) in [5, 5.41) is 12.2. The number of benzene rings is 1. The van der Waals surface area contributed by atoms with Crippen LogP contribution in [0.2, 0.25) is 0 Å². The van der Waals surface area contributed by atoms with Crippen LogP contribution in [0.3, 0.4) is 0 Å². The summed E-state index contributed by atoms with van der Waals surface area (Å²) in [7, 11) is 0. The van der Waals surface area contributed by atoms with Crippen LogP contribution in [0.15, 0.2) is 22.7 Å². The van der Waals surface area contributed by atoms with Crippen molar-refractivity contribution < 1.29 is 9.50 Å². The largest absolute Gasteiger partial charge is 0.395 e. The van der Waals surface area contributed by atoms with Crippen molar-refractivity contribution in [1.82, 2.24) is 5.32 Å². The third-order valence-corrected chi connectivity index (χ3v) is 2.90. The van der Waals surface area contributed by atoms with Crippen LogP contribution in [0.1, 0.15) is 18.9 Å². The number of hydrogen-bond donors (Lipinski definition) is 2. The Kier molecular flexibility index (Phi) is 5.22. The molecule has 0 saturated carbocycles. The van der Waals surface area contributed by atoms with Gasteiger partial charge in [-0.2, -0.15) is 0 Å². The topological polar surface area (TPSA) is 32.3 Å². The van der Waals surface area contributed by atoms with Gasteiger partial charge in [-0.25, -0.2) is 4.39 Å². The molecule has 0 unspecified atom stereocenters. The number of aliphatic hydroxyl groups excluding tert-OH is 1. The zero-order valence-corrected chi connectivity index (χ0v) is 10.2. The Labute approximate surface area is 97.6 Å². The molecule has 0 aliphatic heterocycles. The highest BCUT2D eigenvalue weighted by Gasteiger charge is 2.04. The Hall–Kier alpha value is -0.450. The molecule has 0 aliphatic rings. The van der Waals surface area contributed by atoms with Gasteiger partial charge in [-0.1, -0.05) is 13.0 Å². The van der Waals surface area contributed by atoms with E-state index in [1.165, 1.54) is 6.07 Å². The second-order valence-electron chi connectivity index (χ2n) is 3.42. The monoisotopic (exact) mass is 275 g/mol. The standard InChI is InChI=1S/C11H15BrFNO/c1-2-9(7-15)14-6-8-3-4-11(13)10(12)5-8/h3-5,9,14-15H,2,6-7H2,1H3/t9-/m1/s1. The molecule has 1 aromatic carbocycles. The van der Waals surface area contributed by atoms with Crippen molar-refractivity contribution >= 4 is 15.9 Å². The van der Waals surface area contributed by atoms with Crippen molar-refractivity contribution in [2.24, 2.45) is 0 Å². The van der Waals surface area contributed by atoms with Crippen molar-refractivity contribution in [2.75, 3.05) is 6.61 Å². The predicted molar refractivity (Wildman–Crippen MR) is 62.1 cm³/mol. The first kappa shape index (κ1) is 12.6. The molecular formula is C11H15BrFNO. The smallest absolute Gasteiger partial charge is 0.137 e. The minimum Gasteiger partial charge on any atom is -0.395 e. The van der Waals surface area contributed by atoms with Gasteiger partial charge in [-0.05, 0) is 40.0 Å². The van der Waals surface area contributed by atoms with E-state index in [4.69, 9.17) is 5.11 Å². The highest BCUT2D eigenvalue weighted by atomic mass is 79.9. The summed E-state index contributed by atoms with van der Waals surface area (Å²) in [6, 6.07) is 5.01. The number of hydrogen-bond acceptors (Lipinski definition) is 2. The Morgan fingerprint density at radius 1 is 1.53 bits per heavy atom. The van der Waals surface area contributed by atoms with Gasteiger partial charge in [0, 0.05) is 12.6 Å². The van der Waals surface area contributed by atoms with E-state index in [1.54, 1.807) is 12.1 Å². The molecule has 4 heteroatoms. The van der Waals surface area contributed by atoms with Gasteiger partial charge < -0.3 is 10.4 Å². The number of aliphatic hydroxyl groups is 1. The lowest BCUT2D eigenvalue weighted by Crippen LogP contribution is -2.31. The highest BCUT2D eigenvalue weighted by Crippen LogP contribution is 2.16. The van der Waals surface area contributed by atoms with Gasteiger partial charge in [-0.15, -0.1) is 0 Å². The molecule has 0 fully saturated rings. The summed E-state index contributed by atoms with van der Waals surface area (Å²) in [6.45, 7) is 2.77. The van der Waals surface area contributed by atoms with Crippen LogP contribution in [-0.2, 0) is 6.54 Å². The second-order valence-corrected chi connectivity index (χ2v) is 4.27. The molecule has 15 heavy (non-hydrogen) atoms. The molecule has 1 rings (SSSR count). The summed E-state index contributed by atoms with van der Waals surface area (Å²) in [6.07, 6.45) is 0.874. The molecule has 0 radical (unpaired) electrons. The highest BCUT2D eigenvalue weighted by molar-refractivity contribution is 9.10. The molecule has 0 aromatic heterocycles. The SMILES string of the molecule is CC[C@H](CO)NCc1ccc(F)c(Br)c1. The molecule has 0 bridgehead atoms. The Morgan fingerprint density at radius 2 is 2.27 bits per heavy atom. The van der Waals surface area contributed by atoms with Gasteiger partial charge in [-0.3, -0.25) is 0 Å². The van der Waals surface area contributed by atoms with Crippen LogP contribution in [0, 0.1) is 5.82 Å². The summed E-state index contributed by atoms with van der Waals surface area (Å²) in [5.74, 6) is -0.257. The lowest BCUT2D eigenvalue weighted by Gasteiger charge is -2.13. The van der Waals surface area contributed by atoms with Crippen molar-refractivity contribution in [1.29, 1.82) is 0 Å². The molecule has 2 N–H and O–H groups in total. The van der Waals surface area contributed by atoms with Crippen LogP contribution in [0.25, 0.3) is 0 Å². The van der Waals surface area contributed by atoms with E-state index >= 15 is 0 Å². The van der Waals surface area contributed by atoms with E-state index in [0.717, 1.165) is 12.0 Å². The molecule has 0 spiro atoms. The average molecular weight is 276 g/mol. The van der Waals surface area contributed by atoms with Crippen LogP contribution in [0.4, 0.5) is 4.39 Å². The minimum absolute atomic E-state index is 0.105. The average Bonchev–Trinajstić information content (AvgIpc) is 2.24. The molecular weight excluding hydrogens is 261 g/mol. The van der Waals surface area contributed by atoms with Crippen molar-refractivity contribution in [3.05, 3.63) is 34.1 Å². The fourth-order valence-corrected chi connectivity index (χ4v) is 1.68. The fraction of sp³-hybridized carbons (Fsp3) is 0.455. The van der Waals surface area contributed by atoms with Gasteiger partial charge in [0.25, 0.3) is 0 Å². The van der Waals surface area contributed by atoms with Crippen LogP contribution >= 0.6 is 15.9 Å². The van der Waals surface area contributed by atoms with Gasteiger partial charge in [0.1, 0.15) is 5.82 Å². The van der Waals surface area contributed by atoms with E-state index in [0.29, 0.717) is 11.0 Å². The van der Waals surface area contributed by atoms with Crippen molar-refractivity contribution in [3.63, 3.8) is 0 Å². The fourth-order valence-electron chi connectivity index (χ4n) is 1.25. The molecule has 0 amide bonds. The Morgan fingerprint density at radius 3 is 2.80 bits per heavy atom. The van der Waals surface area contributed by atoms with Crippen LogP contribution < -0.4 is 5.32 Å². The lowest BCUT2D eigenvalue weighted by atomic mass is 10.2. The zero-order valence-electron chi connectivity index (χ0n) is 8.63. The number of nitrogens with one attached hydrogen (secondary N) is 1. The summed E-state index contributed by atoms with van der Waals surface area (Å²) < 4.78 is 13.4. The maximum absolute atomic E-state index is 12.9. The van der Waals surface area contributed by atoms with Crippen LogP contribution in [-0.4, -0.2) is 17.8 Å². The molecule has 1 aromatic rings. The van der Waals surface area contributed by atoms with Gasteiger partial charge in [0.2, 0.25) is 0 Å². The van der Waals surface area contributed by atoms with Gasteiger partial charge in [0.15, 0.2) is 0 Å². The molecule has 84 valence electrons. The molecule has 0 aliphatic carbocycles. The van der Waals surface area contributed by atoms with Crippen LogP contribution in [0.5, 0.6) is 0 Å². The first-order valence-electron chi connectivity index (χ1n) is 4.95. The van der Waals surface area contributed by atoms with E-state index < -0.39 is 0 Å². The molecule has 0 heterocycles. The lowest BCUT2D eigenvalue weighted by molar-refractivity contribution is 0.238. The summed E-state index contributed by atoms with van der Waals surface area (Å²) >= 11 is 3.14. The Bertz CT molecular complexity index is 315. The quantitative estimate of drug-likeness (QED) is 0.865. The Balaban J connectivity index is 2.54.